The Morgan fingerprint density at radius 3 is 3.05 bits per heavy atom. The average molecular weight is 296 g/mol. The number of hydrogen-bond donors (Lipinski definition) is 1. The van der Waals surface area contributed by atoms with Gasteiger partial charge in [-0.2, -0.15) is 0 Å². The number of nitrogens with zero attached hydrogens (tertiary/aromatic N) is 3. The normalized spacial score (nSPS) is 14.1. The molecule has 0 aliphatic heterocycles. The first kappa shape index (κ1) is 12.7. The lowest BCUT2D eigenvalue weighted by atomic mass is 9.96. The molecule has 0 saturated heterocycles. The summed E-state index contributed by atoms with van der Waals surface area (Å²) < 4.78 is 0. The van der Waals surface area contributed by atoms with E-state index in [2.05, 4.69) is 33.5 Å². The molecule has 5 heteroatoms. The fourth-order valence-corrected chi connectivity index (χ4v) is 3.56. The third kappa shape index (κ3) is 2.49. The Bertz CT molecular complexity index is 781. The molecule has 3 heterocycles. The molecule has 3 aromatic heterocycles. The molecule has 0 saturated carbocycles. The van der Waals surface area contributed by atoms with E-state index in [1.165, 1.54) is 30.5 Å². The van der Waals surface area contributed by atoms with Crippen LogP contribution in [0.3, 0.4) is 0 Å². The van der Waals surface area contributed by atoms with Crippen molar-refractivity contribution in [3.05, 3.63) is 46.9 Å². The molecule has 0 amide bonds. The van der Waals surface area contributed by atoms with Crippen LogP contribution in [0.25, 0.3) is 10.2 Å². The van der Waals surface area contributed by atoms with Gasteiger partial charge in [0, 0.05) is 5.69 Å². The summed E-state index contributed by atoms with van der Waals surface area (Å²) >= 11 is 1.64. The summed E-state index contributed by atoms with van der Waals surface area (Å²) in [6.45, 7) is 0.704. The first-order valence-electron chi connectivity index (χ1n) is 7.30. The Morgan fingerprint density at radius 2 is 2.05 bits per heavy atom. The maximum Gasteiger partial charge on any atom is 0.138 e. The van der Waals surface area contributed by atoms with E-state index in [0.717, 1.165) is 28.1 Å². The number of fused-ring (bicyclic) bond motifs is 2. The Labute approximate surface area is 127 Å². The lowest BCUT2D eigenvalue weighted by Gasteiger charge is -2.15. The fourth-order valence-electron chi connectivity index (χ4n) is 2.83. The number of thiophene rings is 1. The molecule has 0 aromatic carbocycles. The number of hydrogen-bond acceptors (Lipinski definition) is 5. The zero-order valence-corrected chi connectivity index (χ0v) is 12.5. The second kappa shape index (κ2) is 5.41. The van der Waals surface area contributed by atoms with Crippen LogP contribution in [0.2, 0.25) is 0 Å². The van der Waals surface area contributed by atoms with E-state index < -0.39 is 0 Å². The van der Waals surface area contributed by atoms with Crippen LogP contribution in [0.5, 0.6) is 0 Å². The summed E-state index contributed by atoms with van der Waals surface area (Å²) in [6, 6.07) is 6.42. The highest BCUT2D eigenvalue weighted by Gasteiger charge is 2.11. The van der Waals surface area contributed by atoms with Crippen molar-refractivity contribution >= 4 is 27.4 Å². The van der Waals surface area contributed by atoms with Crippen molar-refractivity contribution in [1.29, 1.82) is 0 Å². The van der Waals surface area contributed by atoms with Crippen molar-refractivity contribution in [2.24, 2.45) is 0 Å². The van der Waals surface area contributed by atoms with Gasteiger partial charge in [0.1, 0.15) is 17.0 Å². The van der Waals surface area contributed by atoms with Crippen molar-refractivity contribution in [3.8, 4) is 0 Å². The average Bonchev–Trinajstić information content (AvgIpc) is 3.02. The molecule has 1 aliphatic rings. The standard InChI is InChI=1S/C16H16N4S/c1-2-4-14-11(3-1)5-6-12(20-14)9-17-15-13-7-8-21-16(13)19-10-18-15/h5-8,10H,1-4,9H2,(H,17,18,19). The van der Waals surface area contributed by atoms with Gasteiger partial charge in [0.05, 0.1) is 17.6 Å². The topological polar surface area (TPSA) is 50.7 Å². The van der Waals surface area contributed by atoms with Crippen molar-refractivity contribution < 1.29 is 0 Å². The van der Waals surface area contributed by atoms with Crippen LogP contribution in [0.15, 0.2) is 29.9 Å². The van der Waals surface area contributed by atoms with E-state index in [4.69, 9.17) is 4.98 Å². The predicted octanol–water partition coefficient (Wildman–Crippen LogP) is 3.58. The first-order valence-corrected chi connectivity index (χ1v) is 8.18. The highest BCUT2D eigenvalue weighted by Crippen LogP contribution is 2.24. The molecule has 0 bridgehead atoms. The van der Waals surface area contributed by atoms with Crippen molar-refractivity contribution in [2.75, 3.05) is 5.32 Å². The van der Waals surface area contributed by atoms with Gasteiger partial charge in [-0.1, -0.05) is 6.07 Å². The summed E-state index contributed by atoms with van der Waals surface area (Å²) in [4.78, 5) is 14.4. The zero-order valence-electron chi connectivity index (χ0n) is 11.7. The van der Waals surface area contributed by atoms with E-state index in [0.29, 0.717) is 6.54 Å². The van der Waals surface area contributed by atoms with Gasteiger partial charge in [-0.3, -0.25) is 4.98 Å². The molecule has 1 aliphatic carbocycles. The molecule has 0 unspecified atom stereocenters. The maximum absolute atomic E-state index is 4.79. The first-order chi connectivity index (χ1) is 10.4. The highest BCUT2D eigenvalue weighted by molar-refractivity contribution is 7.16. The SMILES string of the molecule is c1nc(NCc2ccc3c(n2)CCCC3)c2ccsc2n1. The Morgan fingerprint density at radius 1 is 1.10 bits per heavy atom. The van der Waals surface area contributed by atoms with Crippen LogP contribution >= 0.6 is 11.3 Å². The van der Waals surface area contributed by atoms with Gasteiger partial charge in [0.25, 0.3) is 0 Å². The molecule has 4 nitrogen and oxygen atoms in total. The third-order valence-electron chi connectivity index (χ3n) is 3.93. The number of rotatable bonds is 3. The second-order valence-electron chi connectivity index (χ2n) is 5.33. The molecule has 1 N–H and O–H groups in total. The molecule has 0 radical (unpaired) electrons. The summed E-state index contributed by atoms with van der Waals surface area (Å²) in [7, 11) is 0. The lowest BCUT2D eigenvalue weighted by Crippen LogP contribution is -2.09. The second-order valence-corrected chi connectivity index (χ2v) is 6.23. The van der Waals surface area contributed by atoms with Crippen LogP contribution in [-0.4, -0.2) is 15.0 Å². The van der Waals surface area contributed by atoms with E-state index >= 15 is 0 Å². The van der Waals surface area contributed by atoms with Gasteiger partial charge >= 0.3 is 0 Å². The van der Waals surface area contributed by atoms with Gasteiger partial charge in [-0.25, -0.2) is 9.97 Å². The van der Waals surface area contributed by atoms with Crippen LogP contribution in [0, 0.1) is 0 Å². The minimum Gasteiger partial charge on any atom is -0.364 e. The number of aryl methyl sites for hydroxylation is 2. The van der Waals surface area contributed by atoms with Crippen molar-refractivity contribution in [2.45, 2.75) is 32.2 Å². The van der Waals surface area contributed by atoms with Gasteiger partial charge in [-0.05, 0) is 48.8 Å². The summed E-state index contributed by atoms with van der Waals surface area (Å²) in [6.07, 6.45) is 6.46. The minimum absolute atomic E-state index is 0.704. The molecule has 0 spiro atoms. The van der Waals surface area contributed by atoms with Crippen LogP contribution < -0.4 is 5.32 Å². The van der Waals surface area contributed by atoms with E-state index in [-0.39, 0.29) is 0 Å². The van der Waals surface area contributed by atoms with Gasteiger partial charge in [-0.15, -0.1) is 11.3 Å². The summed E-state index contributed by atoms with van der Waals surface area (Å²) in [5.41, 5.74) is 3.79. The lowest BCUT2D eigenvalue weighted by molar-refractivity contribution is 0.663. The smallest absolute Gasteiger partial charge is 0.138 e. The van der Waals surface area contributed by atoms with E-state index in [1.807, 2.05) is 5.38 Å². The van der Waals surface area contributed by atoms with Crippen LogP contribution in [0.1, 0.15) is 29.8 Å². The highest BCUT2D eigenvalue weighted by atomic mass is 32.1. The zero-order chi connectivity index (χ0) is 14.1. The Kier molecular flexibility index (Phi) is 3.27. The quantitative estimate of drug-likeness (QED) is 0.802. The molecular weight excluding hydrogens is 280 g/mol. The monoisotopic (exact) mass is 296 g/mol. The van der Waals surface area contributed by atoms with E-state index in [1.54, 1.807) is 17.7 Å². The molecule has 106 valence electrons. The van der Waals surface area contributed by atoms with Crippen LogP contribution in [-0.2, 0) is 19.4 Å². The minimum atomic E-state index is 0.704. The van der Waals surface area contributed by atoms with Gasteiger partial charge in [0.2, 0.25) is 0 Å². The molecule has 0 atom stereocenters. The maximum atomic E-state index is 4.79. The predicted molar refractivity (Wildman–Crippen MR) is 85.6 cm³/mol. The van der Waals surface area contributed by atoms with E-state index in [9.17, 15) is 0 Å². The molecule has 21 heavy (non-hydrogen) atoms. The number of nitrogens with one attached hydrogen (secondary N) is 1. The fraction of sp³-hybridized carbons (Fsp3) is 0.312. The van der Waals surface area contributed by atoms with Crippen molar-refractivity contribution in [1.82, 2.24) is 15.0 Å². The van der Waals surface area contributed by atoms with Gasteiger partial charge < -0.3 is 5.32 Å². The summed E-state index contributed by atoms with van der Waals surface area (Å²) in [5.74, 6) is 0.890. The van der Waals surface area contributed by atoms with Crippen molar-refractivity contribution in [3.63, 3.8) is 0 Å². The number of anilines is 1. The molecule has 3 aromatic rings. The molecule has 4 rings (SSSR count). The third-order valence-corrected chi connectivity index (χ3v) is 4.76. The largest absolute Gasteiger partial charge is 0.364 e. The molecule has 0 fully saturated rings. The summed E-state index contributed by atoms with van der Waals surface area (Å²) in [5, 5.41) is 6.52. The Hall–Kier alpha value is -2.01. The molecular formula is C16H16N4S. The number of aromatic nitrogens is 3. The number of pyridine rings is 1. The van der Waals surface area contributed by atoms with Gasteiger partial charge in [0.15, 0.2) is 0 Å². The Balaban J connectivity index is 1.55. The van der Waals surface area contributed by atoms with Crippen LogP contribution in [0.4, 0.5) is 5.82 Å².